The Morgan fingerprint density at radius 2 is 1.78 bits per heavy atom. The predicted molar refractivity (Wildman–Crippen MR) is 76.6 cm³/mol. The van der Waals surface area contributed by atoms with Gasteiger partial charge in [0.05, 0.1) is 0 Å². The van der Waals surface area contributed by atoms with E-state index in [2.05, 4.69) is 31.0 Å². The number of hydrogen-bond donors (Lipinski definition) is 1. The quantitative estimate of drug-likeness (QED) is 0.807. The van der Waals surface area contributed by atoms with E-state index in [0.29, 0.717) is 0 Å². The van der Waals surface area contributed by atoms with Crippen molar-refractivity contribution in [2.45, 2.75) is 71.0 Å². The van der Waals surface area contributed by atoms with Gasteiger partial charge in [0, 0.05) is 31.2 Å². The minimum atomic E-state index is 0.728. The molecule has 0 amide bonds. The number of rotatable bonds is 5. The summed E-state index contributed by atoms with van der Waals surface area (Å²) in [6.45, 7) is 9.67. The van der Waals surface area contributed by atoms with Crippen LogP contribution in [0.1, 0.15) is 52.9 Å². The first-order valence-corrected chi connectivity index (χ1v) is 8.19. The smallest absolute Gasteiger partial charge is 0.0221 e. The van der Waals surface area contributed by atoms with Crippen LogP contribution < -0.4 is 5.32 Å². The van der Waals surface area contributed by atoms with Gasteiger partial charge in [-0.3, -0.25) is 4.90 Å². The van der Waals surface area contributed by atoms with Crippen LogP contribution in [0.15, 0.2) is 0 Å². The monoisotopic (exact) mass is 250 g/mol. The third-order valence-electron chi connectivity index (χ3n) is 5.57. The fourth-order valence-electron chi connectivity index (χ4n) is 3.79. The highest BCUT2D eigenvalue weighted by Crippen LogP contribution is 2.48. The van der Waals surface area contributed by atoms with Crippen molar-refractivity contribution in [1.29, 1.82) is 0 Å². The zero-order valence-electron chi connectivity index (χ0n) is 12.4. The second-order valence-electron chi connectivity index (χ2n) is 7.11. The van der Waals surface area contributed by atoms with Crippen molar-refractivity contribution in [3.63, 3.8) is 0 Å². The van der Waals surface area contributed by atoms with Crippen molar-refractivity contribution in [3.05, 3.63) is 0 Å². The lowest BCUT2D eigenvalue weighted by Gasteiger charge is -2.45. The van der Waals surface area contributed by atoms with Gasteiger partial charge in [-0.15, -0.1) is 0 Å². The summed E-state index contributed by atoms with van der Waals surface area (Å²) < 4.78 is 0. The zero-order valence-corrected chi connectivity index (χ0v) is 12.4. The maximum atomic E-state index is 3.78. The average molecular weight is 250 g/mol. The summed E-state index contributed by atoms with van der Waals surface area (Å²) in [5.41, 5.74) is 0. The van der Waals surface area contributed by atoms with Crippen molar-refractivity contribution < 1.29 is 0 Å². The topological polar surface area (TPSA) is 15.3 Å². The average Bonchev–Trinajstić information content (AvgIpc) is 3.24. The van der Waals surface area contributed by atoms with Crippen molar-refractivity contribution in [2.24, 2.45) is 17.8 Å². The van der Waals surface area contributed by atoms with Gasteiger partial charge < -0.3 is 5.32 Å². The van der Waals surface area contributed by atoms with Crippen LogP contribution in [0.25, 0.3) is 0 Å². The van der Waals surface area contributed by atoms with Crippen LogP contribution in [-0.2, 0) is 0 Å². The summed E-state index contributed by atoms with van der Waals surface area (Å²) >= 11 is 0. The lowest BCUT2D eigenvalue weighted by Crippen LogP contribution is -2.61. The first kappa shape index (κ1) is 12.9. The molecule has 104 valence electrons. The molecule has 1 saturated heterocycles. The molecule has 1 heterocycles. The predicted octanol–water partition coefficient (Wildman–Crippen LogP) is 2.88. The van der Waals surface area contributed by atoms with Gasteiger partial charge in [-0.1, -0.05) is 20.3 Å². The fraction of sp³-hybridized carbons (Fsp3) is 1.00. The van der Waals surface area contributed by atoms with Crippen LogP contribution in [-0.4, -0.2) is 36.1 Å². The molecule has 2 nitrogen and oxygen atoms in total. The standard InChI is InChI=1S/C16H30N2/c1-4-11(2)15-10-18(12(3)9-17-15)16(13-5-6-13)14-7-8-14/h11-17H,4-10H2,1-3H3. The normalized spacial score (nSPS) is 36.0. The molecule has 0 spiro atoms. The number of piperazine rings is 1. The lowest BCUT2D eigenvalue weighted by atomic mass is 9.93. The van der Waals surface area contributed by atoms with Gasteiger partial charge in [-0.2, -0.15) is 0 Å². The molecule has 3 atom stereocenters. The Hall–Kier alpha value is -0.0800. The summed E-state index contributed by atoms with van der Waals surface area (Å²) in [7, 11) is 0. The summed E-state index contributed by atoms with van der Waals surface area (Å²) in [5.74, 6) is 2.92. The van der Waals surface area contributed by atoms with E-state index < -0.39 is 0 Å². The number of nitrogens with one attached hydrogen (secondary N) is 1. The van der Waals surface area contributed by atoms with Gasteiger partial charge in [0.1, 0.15) is 0 Å². The highest BCUT2D eigenvalue weighted by molar-refractivity contribution is 5.01. The molecule has 0 aromatic carbocycles. The van der Waals surface area contributed by atoms with Crippen LogP contribution in [0.2, 0.25) is 0 Å². The molecule has 0 radical (unpaired) electrons. The van der Waals surface area contributed by atoms with Crippen molar-refractivity contribution in [3.8, 4) is 0 Å². The summed E-state index contributed by atoms with van der Waals surface area (Å²) in [4.78, 5) is 2.89. The third-order valence-corrected chi connectivity index (χ3v) is 5.57. The molecule has 0 bridgehead atoms. The highest BCUT2D eigenvalue weighted by Gasteiger charge is 2.47. The van der Waals surface area contributed by atoms with Crippen LogP contribution in [0.3, 0.4) is 0 Å². The Balaban J connectivity index is 1.67. The molecule has 2 heteroatoms. The molecule has 3 fully saturated rings. The van der Waals surface area contributed by atoms with Gasteiger partial charge in [0.25, 0.3) is 0 Å². The molecule has 3 unspecified atom stereocenters. The van der Waals surface area contributed by atoms with Crippen molar-refractivity contribution in [2.75, 3.05) is 13.1 Å². The van der Waals surface area contributed by atoms with Crippen LogP contribution in [0, 0.1) is 17.8 Å². The number of nitrogens with zero attached hydrogens (tertiary/aromatic N) is 1. The van der Waals surface area contributed by atoms with E-state index >= 15 is 0 Å². The maximum Gasteiger partial charge on any atom is 0.0221 e. The minimum Gasteiger partial charge on any atom is -0.311 e. The zero-order chi connectivity index (χ0) is 12.7. The molecule has 0 aromatic rings. The molecule has 2 aliphatic carbocycles. The Morgan fingerprint density at radius 3 is 2.28 bits per heavy atom. The second-order valence-corrected chi connectivity index (χ2v) is 7.11. The van der Waals surface area contributed by atoms with Crippen LogP contribution in [0.5, 0.6) is 0 Å². The SMILES string of the molecule is CCC(C)C1CN(C(C2CC2)C2CC2)C(C)CN1. The molecule has 18 heavy (non-hydrogen) atoms. The molecular weight excluding hydrogens is 220 g/mol. The summed E-state index contributed by atoms with van der Waals surface area (Å²) in [6, 6.07) is 2.41. The van der Waals surface area contributed by atoms with E-state index in [1.165, 1.54) is 45.2 Å². The molecule has 0 aromatic heterocycles. The Bertz CT molecular complexity index is 271. The highest BCUT2D eigenvalue weighted by atomic mass is 15.3. The summed E-state index contributed by atoms with van der Waals surface area (Å²) in [6.07, 6.45) is 7.33. The molecule has 1 aliphatic heterocycles. The summed E-state index contributed by atoms with van der Waals surface area (Å²) in [5, 5.41) is 3.78. The molecule has 2 saturated carbocycles. The number of hydrogen-bond acceptors (Lipinski definition) is 2. The second kappa shape index (κ2) is 5.13. The minimum absolute atomic E-state index is 0.728. The van der Waals surface area contributed by atoms with Crippen molar-refractivity contribution in [1.82, 2.24) is 10.2 Å². The van der Waals surface area contributed by atoms with Crippen LogP contribution in [0.4, 0.5) is 0 Å². The molecule has 3 aliphatic rings. The molecule has 3 rings (SSSR count). The first-order valence-electron chi connectivity index (χ1n) is 8.19. The first-order chi connectivity index (χ1) is 8.70. The van der Waals surface area contributed by atoms with E-state index in [0.717, 1.165) is 35.9 Å². The third kappa shape index (κ3) is 2.60. The van der Waals surface area contributed by atoms with E-state index in [9.17, 15) is 0 Å². The lowest BCUT2D eigenvalue weighted by molar-refractivity contribution is 0.0543. The fourth-order valence-corrected chi connectivity index (χ4v) is 3.79. The largest absolute Gasteiger partial charge is 0.311 e. The van der Waals surface area contributed by atoms with E-state index in [1.807, 2.05) is 0 Å². The van der Waals surface area contributed by atoms with Gasteiger partial charge in [-0.25, -0.2) is 0 Å². The molecule has 1 N–H and O–H groups in total. The Labute approximate surface area is 113 Å². The van der Waals surface area contributed by atoms with E-state index in [-0.39, 0.29) is 0 Å². The van der Waals surface area contributed by atoms with Crippen molar-refractivity contribution >= 4 is 0 Å². The van der Waals surface area contributed by atoms with Gasteiger partial charge >= 0.3 is 0 Å². The maximum absolute atomic E-state index is 3.78. The molecular formula is C16H30N2. The van der Waals surface area contributed by atoms with Gasteiger partial charge in [-0.05, 0) is 50.4 Å². The van der Waals surface area contributed by atoms with Gasteiger partial charge in [0.2, 0.25) is 0 Å². The van der Waals surface area contributed by atoms with Gasteiger partial charge in [0.15, 0.2) is 0 Å². The Kier molecular flexibility index (Phi) is 3.68. The Morgan fingerprint density at radius 1 is 1.17 bits per heavy atom. The van der Waals surface area contributed by atoms with E-state index in [1.54, 1.807) is 0 Å². The van der Waals surface area contributed by atoms with Crippen LogP contribution >= 0.6 is 0 Å². The van der Waals surface area contributed by atoms with E-state index in [4.69, 9.17) is 0 Å².